The van der Waals surface area contributed by atoms with Gasteiger partial charge in [-0.05, 0) is 61.8 Å². The number of ether oxygens (including phenoxy) is 2. The predicted octanol–water partition coefficient (Wildman–Crippen LogP) is 4.64. The first-order valence-corrected chi connectivity index (χ1v) is 12.7. The molecule has 0 radical (unpaired) electrons. The van der Waals surface area contributed by atoms with Gasteiger partial charge in [0.1, 0.15) is 11.9 Å². The Morgan fingerprint density at radius 3 is 2.69 bits per heavy atom. The first-order valence-electron chi connectivity index (χ1n) is 11.9. The molecule has 3 unspecified atom stereocenters. The zero-order valence-corrected chi connectivity index (χ0v) is 21.9. The lowest BCUT2D eigenvalue weighted by Gasteiger charge is -2.55. The standard InChI is InChI=1S/C27H32Cl2N2O4/c1-17(32)35-25-14-20(30-26(33)12-18-7-8-23(28)24(29)11-18)15-27(9-10-31(2)16-22(25)27)19-5-4-6-21(13-19)34-3/h4-8,11,13,20,22,25H,9-10,12,14-16H2,1-3H3,(H,30,33)/t20-,22?,25?,27?/m0/s1. The number of methoxy groups -OCH3 is 1. The van der Waals surface area contributed by atoms with Gasteiger partial charge >= 0.3 is 5.97 Å². The second-order valence-electron chi connectivity index (χ2n) is 9.78. The number of amides is 1. The van der Waals surface area contributed by atoms with Gasteiger partial charge in [0.05, 0.1) is 23.6 Å². The van der Waals surface area contributed by atoms with E-state index in [2.05, 4.69) is 29.4 Å². The first kappa shape index (κ1) is 25.8. The molecule has 1 N–H and O–H groups in total. The maximum absolute atomic E-state index is 13.0. The molecule has 1 heterocycles. The second kappa shape index (κ2) is 10.8. The Bertz CT molecular complexity index is 1090. The number of rotatable bonds is 6. The van der Waals surface area contributed by atoms with Gasteiger partial charge in [0, 0.05) is 37.3 Å². The van der Waals surface area contributed by atoms with Crippen LogP contribution in [0, 0.1) is 5.92 Å². The Morgan fingerprint density at radius 2 is 1.97 bits per heavy atom. The van der Waals surface area contributed by atoms with Crippen LogP contribution in [0.4, 0.5) is 0 Å². The average molecular weight is 519 g/mol. The Hall–Kier alpha value is -2.28. The van der Waals surface area contributed by atoms with Crippen molar-refractivity contribution in [2.45, 2.75) is 50.2 Å². The minimum Gasteiger partial charge on any atom is -0.497 e. The van der Waals surface area contributed by atoms with E-state index in [1.807, 2.05) is 12.1 Å². The molecule has 188 valence electrons. The summed E-state index contributed by atoms with van der Waals surface area (Å²) in [5.74, 6) is 0.512. The number of carbonyl (C=O) groups excluding carboxylic acids is 2. The highest BCUT2D eigenvalue weighted by atomic mass is 35.5. The molecule has 2 aliphatic rings. The van der Waals surface area contributed by atoms with Crippen molar-refractivity contribution in [1.29, 1.82) is 0 Å². The molecule has 1 saturated heterocycles. The van der Waals surface area contributed by atoms with Crippen LogP contribution < -0.4 is 10.1 Å². The molecule has 2 aromatic rings. The highest BCUT2D eigenvalue weighted by Crippen LogP contribution is 2.50. The molecule has 6 nitrogen and oxygen atoms in total. The van der Waals surface area contributed by atoms with E-state index in [0.717, 1.165) is 42.8 Å². The Balaban J connectivity index is 1.63. The lowest BCUT2D eigenvalue weighted by molar-refractivity contribution is -0.157. The summed E-state index contributed by atoms with van der Waals surface area (Å²) in [5, 5.41) is 4.11. The van der Waals surface area contributed by atoms with Crippen LogP contribution in [0.5, 0.6) is 5.75 Å². The fourth-order valence-corrected chi connectivity index (χ4v) is 6.17. The van der Waals surface area contributed by atoms with Crippen LogP contribution in [-0.2, 0) is 26.2 Å². The number of nitrogens with one attached hydrogen (secondary N) is 1. The summed E-state index contributed by atoms with van der Waals surface area (Å²) in [6, 6.07) is 13.2. The van der Waals surface area contributed by atoms with Crippen LogP contribution in [-0.4, -0.2) is 56.2 Å². The summed E-state index contributed by atoms with van der Waals surface area (Å²) in [5.41, 5.74) is 1.71. The molecule has 0 spiro atoms. The number of nitrogens with zero attached hydrogens (tertiary/aromatic N) is 1. The van der Waals surface area contributed by atoms with E-state index in [1.54, 1.807) is 25.3 Å². The Morgan fingerprint density at radius 1 is 1.17 bits per heavy atom. The lowest BCUT2D eigenvalue weighted by Crippen LogP contribution is -2.61. The van der Waals surface area contributed by atoms with Gasteiger partial charge in [0.25, 0.3) is 0 Å². The number of likely N-dealkylation sites (tertiary alicyclic amines) is 1. The van der Waals surface area contributed by atoms with Crippen LogP contribution in [0.1, 0.15) is 37.3 Å². The number of hydrogen-bond acceptors (Lipinski definition) is 5. The lowest BCUT2D eigenvalue weighted by atomic mass is 9.57. The van der Waals surface area contributed by atoms with Crippen molar-refractivity contribution in [2.24, 2.45) is 5.92 Å². The molecular weight excluding hydrogens is 487 g/mol. The summed E-state index contributed by atoms with van der Waals surface area (Å²) in [6.45, 7) is 3.19. The largest absolute Gasteiger partial charge is 0.497 e. The van der Waals surface area contributed by atoms with Crippen LogP contribution in [0.15, 0.2) is 42.5 Å². The molecule has 4 rings (SSSR count). The number of esters is 1. The van der Waals surface area contributed by atoms with Crippen molar-refractivity contribution in [3.05, 3.63) is 63.6 Å². The fraction of sp³-hybridized carbons (Fsp3) is 0.481. The Kier molecular flexibility index (Phi) is 7.94. The molecule has 8 heteroatoms. The number of halogens is 2. The van der Waals surface area contributed by atoms with E-state index in [4.69, 9.17) is 32.7 Å². The zero-order valence-electron chi connectivity index (χ0n) is 20.4. The molecule has 2 fully saturated rings. The van der Waals surface area contributed by atoms with Crippen molar-refractivity contribution in [3.8, 4) is 5.75 Å². The molecule has 2 aromatic carbocycles. The van der Waals surface area contributed by atoms with E-state index in [-0.39, 0.29) is 41.8 Å². The van der Waals surface area contributed by atoms with E-state index in [9.17, 15) is 9.59 Å². The zero-order chi connectivity index (χ0) is 25.2. The number of fused-ring (bicyclic) bond motifs is 1. The predicted molar refractivity (Wildman–Crippen MR) is 137 cm³/mol. The van der Waals surface area contributed by atoms with Gasteiger partial charge in [0.2, 0.25) is 5.91 Å². The topological polar surface area (TPSA) is 67.9 Å². The van der Waals surface area contributed by atoms with Crippen LogP contribution in [0.25, 0.3) is 0 Å². The normalized spacial score (nSPS) is 26.5. The summed E-state index contributed by atoms with van der Waals surface area (Å²) in [4.78, 5) is 27.4. The molecule has 35 heavy (non-hydrogen) atoms. The number of carbonyl (C=O) groups is 2. The van der Waals surface area contributed by atoms with Crippen molar-refractivity contribution < 1.29 is 19.1 Å². The minimum atomic E-state index is -0.300. The highest BCUT2D eigenvalue weighted by molar-refractivity contribution is 6.42. The van der Waals surface area contributed by atoms with Crippen LogP contribution >= 0.6 is 23.2 Å². The molecule has 4 atom stereocenters. The third-order valence-electron chi connectivity index (χ3n) is 7.41. The monoisotopic (exact) mass is 518 g/mol. The quantitative estimate of drug-likeness (QED) is 0.564. The van der Waals surface area contributed by atoms with E-state index < -0.39 is 0 Å². The molecule has 0 aromatic heterocycles. The van der Waals surface area contributed by atoms with Crippen molar-refractivity contribution in [1.82, 2.24) is 10.2 Å². The third-order valence-corrected chi connectivity index (χ3v) is 8.15. The third kappa shape index (κ3) is 5.76. The molecule has 1 amide bonds. The van der Waals surface area contributed by atoms with Gasteiger partial charge in [-0.2, -0.15) is 0 Å². The fourth-order valence-electron chi connectivity index (χ4n) is 5.85. The summed E-state index contributed by atoms with van der Waals surface area (Å²) in [6.07, 6.45) is 2.15. The molecule has 1 aliphatic carbocycles. The summed E-state index contributed by atoms with van der Waals surface area (Å²) >= 11 is 12.1. The maximum Gasteiger partial charge on any atom is 0.302 e. The van der Waals surface area contributed by atoms with Crippen molar-refractivity contribution in [2.75, 3.05) is 27.2 Å². The van der Waals surface area contributed by atoms with Gasteiger partial charge in [-0.3, -0.25) is 9.59 Å². The number of benzene rings is 2. The van der Waals surface area contributed by atoms with Crippen molar-refractivity contribution >= 4 is 35.1 Å². The SMILES string of the molecule is COc1cccc(C23CCN(C)CC2C(OC(C)=O)C[C@H](NC(=O)Cc2ccc(Cl)c(Cl)c2)C3)c1. The molecular formula is C27H32Cl2N2O4. The van der Waals surface area contributed by atoms with Gasteiger partial charge in [-0.15, -0.1) is 0 Å². The smallest absolute Gasteiger partial charge is 0.302 e. The van der Waals surface area contributed by atoms with Gasteiger partial charge < -0.3 is 19.7 Å². The minimum absolute atomic E-state index is 0.0952. The number of hydrogen-bond donors (Lipinski definition) is 1. The maximum atomic E-state index is 13.0. The van der Waals surface area contributed by atoms with Gasteiger partial charge in [-0.1, -0.05) is 41.4 Å². The van der Waals surface area contributed by atoms with Crippen LogP contribution in [0.2, 0.25) is 10.0 Å². The highest BCUT2D eigenvalue weighted by Gasteiger charge is 2.53. The second-order valence-corrected chi connectivity index (χ2v) is 10.6. The Labute approximate surface area is 216 Å². The summed E-state index contributed by atoms with van der Waals surface area (Å²) in [7, 11) is 3.77. The molecule has 0 bridgehead atoms. The summed E-state index contributed by atoms with van der Waals surface area (Å²) < 4.78 is 11.4. The van der Waals surface area contributed by atoms with Crippen LogP contribution in [0.3, 0.4) is 0 Å². The van der Waals surface area contributed by atoms with E-state index >= 15 is 0 Å². The van der Waals surface area contributed by atoms with E-state index in [1.165, 1.54) is 6.92 Å². The van der Waals surface area contributed by atoms with Gasteiger partial charge in [-0.25, -0.2) is 0 Å². The van der Waals surface area contributed by atoms with Gasteiger partial charge in [0.15, 0.2) is 0 Å². The average Bonchev–Trinajstić information content (AvgIpc) is 2.81. The molecule has 1 saturated carbocycles. The first-order chi connectivity index (χ1) is 16.7. The molecule has 1 aliphatic heterocycles. The van der Waals surface area contributed by atoms with E-state index in [0.29, 0.717) is 16.5 Å². The van der Waals surface area contributed by atoms with Crippen molar-refractivity contribution in [3.63, 3.8) is 0 Å². The number of piperidine rings is 1.